The Morgan fingerprint density at radius 1 is 1.30 bits per heavy atom. The van der Waals surface area contributed by atoms with E-state index in [1.807, 2.05) is 0 Å². The number of nitrogens with zero attached hydrogens (tertiary/aromatic N) is 1. The Morgan fingerprint density at radius 3 is 2.45 bits per heavy atom. The van der Waals surface area contributed by atoms with Crippen LogP contribution in [0.4, 0.5) is 0 Å². The van der Waals surface area contributed by atoms with Crippen molar-refractivity contribution in [3.63, 3.8) is 0 Å². The van der Waals surface area contributed by atoms with Gasteiger partial charge in [-0.1, -0.05) is 45.2 Å². The summed E-state index contributed by atoms with van der Waals surface area (Å²) in [6.07, 6.45) is 5.12. The van der Waals surface area contributed by atoms with Gasteiger partial charge in [0, 0.05) is 6.54 Å². The maximum atomic E-state index is 12.6. The maximum absolute atomic E-state index is 12.6. The van der Waals surface area contributed by atoms with Gasteiger partial charge in [-0.15, -0.1) is 0 Å². The fourth-order valence-electron chi connectivity index (χ4n) is 2.81. The molecule has 1 aliphatic rings. The van der Waals surface area contributed by atoms with E-state index in [1.54, 1.807) is 0 Å². The second kappa shape index (κ2) is 5.76. The van der Waals surface area contributed by atoms with Gasteiger partial charge in [0.05, 0.1) is 5.56 Å². The average Bonchev–Trinajstić information content (AvgIpc) is 2.88. The molecule has 0 radical (unpaired) electrons. The Labute approximate surface area is 124 Å². The van der Waals surface area contributed by atoms with Gasteiger partial charge in [0.25, 0.3) is 5.56 Å². The van der Waals surface area contributed by atoms with Crippen LogP contribution in [0.2, 0.25) is 5.15 Å². The molecule has 0 bridgehead atoms. The summed E-state index contributed by atoms with van der Waals surface area (Å²) >= 11 is 6.12. The largest absolute Gasteiger partial charge is 0.329 e. The summed E-state index contributed by atoms with van der Waals surface area (Å²) in [4.78, 5) is 27.3. The standard InChI is InChI=1S/C15H23ClN2O2/c1-4-15(2,3)9-18-13(19)11(10-7-5-6-8-10)12(16)17-14(18)20/h10H,4-9H2,1-3H3,(H,17,20). The van der Waals surface area contributed by atoms with Gasteiger partial charge in [0.2, 0.25) is 0 Å². The summed E-state index contributed by atoms with van der Waals surface area (Å²) in [6.45, 7) is 6.60. The van der Waals surface area contributed by atoms with Gasteiger partial charge in [-0.3, -0.25) is 14.3 Å². The van der Waals surface area contributed by atoms with Crippen LogP contribution in [-0.2, 0) is 6.54 Å². The van der Waals surface area contributed by atoms with Gasteiger partial charge >= 0.3 is 5.69 Å². The van der Waals surface area contributed by atoms with Crippen molar-refractivity contribution in [3.05, 3.63) is 31.6 Å². The molecule has 0 unspecified atom stereocenters. The zero-order valence-corrected chi connectivity index (χ0v) is 13.2. The summed E-state index contributed by atoms with van der Waals surface area (Å²) in [7, 11) is 0. The highest BCUT2D eigenvalue weighted by atomic mass is 35.5. The first kappa shape index (κ1) is 15.4. The van der Waals surface area contributed by atoms with E-state index >= 15 is 0 Å². The number of hydrogen-bond donors (Lipinski definition) is 1. The van der Waals surface area contributed by atoms with Crippen LogP contribution in [0.3, 0.4) is 0 Å². The van der Waals surface area contributed by atoms with E-state index < -0.39 is 5.69 Å². The van der Waals surface area contributed by atoms with Crippen molar-refractivity contribution in [2.75, 3.05) is 0 Å². The Morgan fingerprint density at radius 2 is 1.90 bits per heavy atom. The van der Waals surface area contributed by atoms with Crippen molar-refractivity contribution >= 4 is 11.6 Å². The second-order valence-corrected chi connectivity index (χ2v) is 6.93. The number of hydrogen-bond acceptors (Lipinski definition) is 2. The van der Waals surface area contributed by atoms with Crippen molar-refractivity contribution in [3.8, 4) is 0 Å². The first-order chi connectivity index (χ1) is 9.35. The molecule has 0 amide bonds. The van der Waals surface area contributed by atoms with Gasteiger partial charge in [0.15, 0.2) is 0 Å². The molecule has 1 saturated carbocycles. The van der Waals surface area contributed by atoms with E-state index in [4.69, 9.17) is 11.6 Å². The predicted molar refractivity (Wildman–Crippen MR) is 81.6 cm³/mol. The maximum Gasteiger partial charge on any atom is 0.329 e. The molecule has 1 N–H and O–H groups in total. The third-order valence-electron chi connectivity index (χ3n) is 4.48. The molecule has 0 spiro atoms. The van der Waals surface area contributed by atoms with Crippen molar-refractivity contribution in [1.82, 2.24) is 9.55 Å². The van der Waals surface area contributed by atoms with Crippen molar-refractivity contribution in [2.24, 2.45) is 5.41 Å². The van der Waals surface area contributed by atoms with Crippen LogP contribution in [-0.4, -0.2) is 9.55 Å². The Balaban J connectivity index is 2.50. The van der Waals surface area contributed by atoms with E-state index in [9.17, 15) is 9.59 Å². The first-order valence-corrected chi connectivity index (χ1v) is 7.76. The molecule has 1 fully saturated rings. The molecular formula is C15H23ClN2O2. The lowest BCUT2D eigenvalue weighted by Crippen LogP contribution is -2.41. The molecule has 20 heavy (non-hydrogen) atoms. The summed E-state index contributed by atoms with van der Waals surface area (Å²) in [6, 6.07) is 0. The third kappa shape index (κ3) is 3.00. The molecule has 5 heteroatoms. The highest BCUT2D eigenvalue weighted by Crippen LogP contribution is 2.34. The third-order valence-corrected chi connectivity index (χ3v) is 4.78. The molecule has 0 aliphatic heterocycles. The van der Waals surface area contributed by atoms with Gasteiger partial charge in [-0.05, 0) is 30.6 Å². The zero-order chi connectivity index (χ0) is 14.9. The molecule has 0 aromatic carbocycles. The monoisotopic (exact) mass is 298 g/mol. The van der Waals surface area contributed by atoms with E-state index in [0.29, 0.717) is 12.1 Å². The highest BCUT2D eigenvalue weighted by Gasteiger charge is 2.26. The van der Waals surface area contributed by atoms with Crippen molar-refractivity contribution < 1.29 is 0 Å². The fraction of sp³-hybridized carbons (Fsp3) is 0.733. The van der Waals surface area contributed by atoms with Crippen molar-refractivity contribution in [1.29, 1.82) is 0 Å². The first-order valence-electron chi connectivity index (χ1n) is 7.38. The van der Waals surface area contributed by atoms with Gasteiger partial charge in [-0.2, -0.15) is 0 Å². The molecule has 0 saturated heterocycles. The molecule has 2 rings (SSSR count). The smallest absolute Gasteiger partial charge is 0.297 e. The topological polar surface area (TPSA) is 54.9 Å². The summed E-state index contributed by atoms with van der Waals surface area (Å²) in [5.74, 6) is 0.197. The highest BCUT2D eigenvalue weighted by molar-refractivity contribution is 6.30. The van der Waals surface area contributed by atoms with Crippen LogP contribution in [0.15, 0.2) is 9.59 Å². The van der Waals surface area contributed by atoms with Crippen LogP contribution >= 0.6 is 11.6 Å². The molecule has 112 valence electrons. The Hall–Kier alpha value is -1.03. The average molecular weight is 299 g/mol. The quantitative estimate of drug-likeness (QED) is 0.867. The number of aromatic amines is 1. The van der Waals surface area contributed by atoms with Crippen LogP contribution in [0, 0.1) is 5.41 Å². The molecule has 0 atom stereocenters. The van der Waals surface area contributed by atoms with Crippen LogP contribution < -0.4 is 11.2 Å². The van der Waals surface area contributed by atoms with Gasteiger partial charge in [0.1, 0.15) is 5.15 Å². The zero-order valence-electron chi connectivity index (χ0n) is 12.5. The van der Waals surface area contributed by atoms with Gasteiger partial charge < -0.3 is 0 Å². The minimum absolute atomic E-state index is 0.0857. The number of aromatic nitrogens is 2. The number of H-pyrrole nitrogens is 1. The lowest BCUT2D eigenvalue weighted by atomic mass is 9.90. The summed E-state index contributed by atoms with van der Waals surface area (Å²) in [5, 5.41) is 0.234. The molecule has 1 aromatic heterocycles. The molecule has 1 heterocycles. The molecule has 1 aromatic rings. The summed E-state index contributed by atoms with van der Waals surface area (Å²) in [5.41, 5.74) is -0.0800. The molecule has 1 aliphatic carbocycles. The minimum Gasteiger partial charge on any atom is -0.297 e. The fourth-order valence-corrected chi connectivity index (χ4v) is 3.13. The van der Waals surface area contributed by atoms with E-state index in [2.05, 4.69) is 25.8 Å². The van der Waals surface area contributed by atoms with E-state index in [0.717, 1.165) is 32.1 Å². The van der Waals surface area contributed by atoms with Gasteiger partial charge in [-0.25, -0.2) is 4.79 Å². The van der Waals surface area contributed by atoms with Crippen LogP contribution in [0.25, 0.3) is 0 Å². The second-order valence-electron chi connectivity index (χ2n) is 6.55. The van der Waals surface area contributed by atoms with E-state index in [-0.39, 0.29) is 22.0 Å². The minimum atomic E-state index is -0.400. The molecular weight excluding hydrogens is 276 g/mol. The number of nitrogens with one attached hydrogen (secondary N) is 1. The number of rotatable bonds is 4. The SMILES string of the molecule is CCC(C)(C)Cn1c(=O)[nH]c(Cl)c(C2CCCC2)c1=O. The summed E-state index contributed by atoms with van der Waals surface area (Å²) < 4.78 is 1.32. The number of halogens is 1. The lowest BCUT2D eigenvalue weighted by molar-refractivity contribution is 0.283. The normalized spacial score (nSPS) is 16.8. The van der Waals surface area contributed by atoms with Crippen LogP contribution in [0.5, 0.6) is 0 Å². The Bertz CT molecular complexity index is 595. The van der Waals surface area contributed by atoms with Crippen LogP contribution in [0.1, 0.15) is 64.4 Å². The Kier molecular flexibility index (Phi) is 4.43. The predicted octanol–water partition coefficient (Wildman–Crippen LogP) is 3.28. The van der Waals surface area contributed by atoms with E-state index in [1.165, 1.54) is 4.57 Å². The van der Waals surface area contributed by atoms with Crippen molar-refractivity contribution in [2.45, 2.75) is 65.3 Å². The lowest BCUT2D eigenvalue weighted by Gasteiger charge is -2.24. The molecule has 4 nitrogen and oxygen atoms in total.